The lowest BCUT2D eigenvalue weighted by atomic mass is 10.3. The second-order valence-corrected chi connectivity index (χ2v) is 6.46. The van der Waals surface area contributed by atoms with Gasteiger partial charge in [-0.1, -0.05) is 12.8 Å². The normalized spacial score (nSPS) is 16.1. The number of nitro groups is 1. The minimum absolute atomic E-state index is 0.254. The first-order chi connectivity index (χ1) is 9.85. The number of rotatable bonds is 5. The predicted molar refractivity (Wildman–Crippen MR) is 73.4 cm³/mol. The molecule has 0 radical (unpaired) electrons. The number of hydrogen-bond acceptors (Lipinski definition) is 6. The summed E-state index contributed by atoms with van der Waals surface area (Å²) in [6.45, 7) is 0. The van der Waals surface area contributed by atoms with Gasteiger partial charge in [-0.25, -0.2) is 17.5 Å². The van der Waals surface area contributed by atoms with Gasteiger partial charge in [0.25, 0.3) is 5.69 Å². The van der Waals surface area contributed by atoms with Gasteiger partial charge in [-0.2, -0.15) is 0 Å². The van der Waals surface area contributed by atoms with Crippen LogP contribution in [0, 0.1) is 15.9 Å². The van der Waals surface area contributed by atoms with Crippen LogP contribution < -0.4 is 16.0 Å². The number of nitrogens with zero attached hydrogens (tertiary/aromatic N) is 1. The lowest BCUT2D eigenvalue weighted by Gasteiger charge is -2.15. The molecule has 0 heterocycles. The van der Waals surface area contributed by atoms with Crippen LogP contribution in [0.4, 0.5) is 15.8 Å². The summed E-state index contributed by atoms with van der Waals surface area (Å²) in [5.41, 5.74) is 1.06. The monoisotopic (exact) mass is 318 g/mol. The molecule has 0 bridgehead atoms. The molecule has 1 aromatic carbocycles. The molecule has 1 fully saturated rings. The van der Waals surface area contributed by atoms with Crippen LogP contribution in [0.15, 0.2) is 17.0 Å². The van der Waals surface area contributed by atoms with Gasteiger partial charge in [0.15, 0.2) is 5.82 Å². The van der Waals surface area contributed by atoms with Crippen LogP contribution in [0.1, 0.15) is 25.7 Å². The molecule has 0 spiro atoms. The van der Waals surface area contributed by atoms with Crippen molar-refractivity contribution < 1.29 is 17.7 Å². The maximum atomic E-state index is 14.0. The highest BCUT2D eigenvalue weighted by Gasteiger charge is 2.29. The van der Waals surface area contributed by atoms with E-state index >= 15 is 0 Å². The highest BCUT2D eigenvalue weighted by Crippen LogP contribution is 2.30. The number of anilines is 1. The van der Waals surface area contributed by atoms with Gasteiger partial charge >= 0.3 is 0 Å². The first-order valence-electron chi connectivity index (χ1n) is 6.32. The van der Waals surface area contributed by atoms with E-state index in [2.05, 4.69) is 4.72 Å². The number of hydrazine groups is 1. The number of nitrogens with one attached hydrogen (secondary N) is 2. The topological polar surface area (TPSA) is 127 Å². The third-order valence-electron chi connectivity index (χ3n) is 3.34. The lowest BCUT2D eigenvalue weighted by molar-refractivity contribution is -0.385. The Morgan fingerprint density at radius 3 is 2.48 bits per heavy atom. The van der Waals surface area contributed by atoms with Crippen molar-refractivity contribution in [2.45, 2.75) is 36.6 Å². The SMILES string of the molecule is NNc1cc([N+](=O)[O-])cc(F)c1S(=O)(=O)NC1CCCC1. The molecule has 0 aromatic heterocycles. The van der Waals surface area contributed by atoms with Crippen molar-refractivity contribution in [2.24, 2.45) is 5.84 Å². The molecular weight excluding hydrogens is 303 g/mol. The van der Waals surface area contributed by atoms with Gasteiger partial charge in [0.05, 0.1) is 16.7 Å². The standard InChI is InChI=1S/C11H15FN4O4S/c12-9-5-8(16(17)18)6-10(14-13)11(9)21(19,20)15-7-3-1-2-4-7/h5-7,14-15H,1-4,13H2. The van der Waals surface area contributed by atoms with Crippen LogP contribution in [-0.2, 0) is 10.0 Å². The summed E-state index contributed by atoms with van der Waals surface area (Å²) in [6.07, 6.45) is 3.16. The smallest absolute Gasteiger partial charge is 0.274 e. The van der Waals surface area contributed by atoms with Gasteiger partial charge in [-0.05, 0) is 12.8 Å². The Bertz CT molecular complexity index is 658. The van der Waals surface area contributed by atoms with Crippen molar-refractivity contribution in [3.63, 3.8) is 0 Å². The zero-order valence-corrected chi connectivity index (χ0v) is 11.8. The highest BCUT2D eigenvalue weighted by molar-refractivity contribution is 7.89. The fourth-order valence-corrected chi connectivity index (χ4v) is 3.90. The van der Waals surface area contributed by atoms with E-state index < -0.39 is 31.3 Å². The van der Waals surface area contributed by atoms with Crippen molar-refractivity contribution in [3.8, 4) is 0 Å². The number of hydrogen-bond donors (Lipinski definition) is 3. The molecule has 1 saturated carbocycles. The fourth-order valence-electron chi connectivity index (χ4n) is 2.39. The van der Waals surface area contributed by atoms with E-state index in [4.69, 9.17) is 5.84 Å². The molecule has 8 nitrogen and oxygen atoms in total. The van der Waals surface area contributed by atoms with Crippen LogP contribution in [0.2, 0.25) is 0 Å². The van der Waals surface area contributed by atoms with Gasteiger partial charge in [0.1, 0.15) is 4.90 Å². The summed E-state index contributed by atoms with van der Waals surface area (Å²) >= 11 is 0. The van der Waals surface area contributed by atoms with Crippen molar-refractivity contribution in [3.05, 3.63) is 28.1 Å². The lowest BCUT2D eigenvalue weighted by Crippen LogP contribution is -2.34. The molecule has 0 aliphatic heterocycles. The first kappa shape index (κ1) is 15.6. The van der Waals surface area contributed by atoms with E-state index in [0.29, 0.717) is 18.9 Å². The summed E-state index contributed by atoms with van der Waals surface area (Å²) in [5.74, 6) is 3.94. The zero-order valence-electron chi connectivity index (χ0n) is 11.0. The van der Waals surface area contributed by atoms with Gasteiger partial charge < -0.3 is 5.43 Å². The summed E-state index contributed by atoms with van der Waals surface area (Å²) < 4.78 is 40.9. The molecular formula is C11H15FN4O4S. The highest BCUT2D eigenvalue weighted by atomic mass is 32.2. The number of sulfonamides is 1. The Morgan fingerprint density at radius 2 is 1.95 bits per heavy atom. The van der Waals surface area contributed by atoms with E-state index in [0.717, 1.165) is 18.9 Å². The minimum Gasteiger partial charge on any atom is -0.323 e. The van der Waals surface area contributed by atoms with Gasteiger partial charge in [0.2, 0.25) is 10.0 Å². The summed E-state index contributed by atoms with van der Waals surface area (Å²) in [6, 6.07) is 1.19. The Morgan fingerprint density at radius 1 is 1.33 bits per heavy atom. The number of nitrogens with two attached hydrogens (primary N) is 1. The second-order valence-electron chi connectivity index (χ2n) is 4.81. The van der Waals surface area contributed by atoms with E-state index in [-0.39, 0.29) is 11.7 Å². The summed E-state index contributed by atoms with van der Waals surface area (Å²) in [5, 5.41) is 10.7. The van der Waals surface area contributed by atoms with Crippen LogP contribution in [0.25, 0.3) is 0 Å². The molecule has 10 heteroatoms. The van der Waals surface area contributed by atoms with E-state index in [9.17, 15) is 22.9 Å². The molecule has 0 saturated heterocycles. The molecule has 0 atom stereocenters. The molecule has 1 aromatic rings. The van der Waals surface area contributed by atoms with Gasteiger partial charge in [-0.15, -0.1) is 0 Å². The average Bonchev–Trinajstić information content (AvgIpc) is 2.89. The maximum Gasteiger partial charge on any atom is 0.274 e. The zero-order chi connectivity index (χ0) is 15.6. The first-order valence-corrected chi connectivity index (χ1v) is 7.80. The number of nitro benzene ring substituents is 1. The minimum atomic E-state index is -4.15. The van der Waals surface area contributed by atoms with Gasteiger partial charge in [-0.3, -0.25) is 16.0 Å². The van der Waals surface area contributed by atoms with Crippen molar-refractivity contribution >= 4 is 21.4 Å². The predicted octanol–water partition coefficient (Wildman–Crippen LogP) is 1.24. The van der Waals surface area contributed by atoms with Crippen molar-refractivity contribution in [2.75, 3.05) is 5.43 Å². The van der Waals surface area contributed by atoms with E-state index in [1.807, 2.05) is 5.43 Å². The van der Waals surface area contributed by atoms with Crippen LogP contribution in [0.5, 0.6) is 0 Å². The number of halogens is 1. The Hall–Kier alpha value is -1.78. The molecule has 116 valence electrons. The largest absolute Gasteiger partial charge is 0.323 e. The van der Waals surface area contributed by atoms with E-state index in [1.165, 1.54) is 0 Å². The Kier molecular flexibility index (Phi) is 4.40. The third-order valence-corrected chi connectivity index (χ3v) is 4.94. The van der Waals surface area contributed by atoms with Crippen LogP contribution in [0.3, 0.4) is 0 Å². The molecule has 4 N–H and O–H groups in total. The fraction of sp³-hybridized carbons (Fsp3) is 0.455. The quantitative estimate of drug-likeness (QED) is 0.426. The molecule has 0 amide bonds. The van der Waals surface area contributed by atoms with Crippen LogP contribution in [-0.4, -0.2) is 19.4 Å². The molecule has 21 heavy (non-hydrogen) atoms. The third kappa shape index (κ3) is 3.28. The summed E-state index contributed by atoms with van der Waals surface area (Å²) in [7, 11) is -4.15. The average molecular weight is 318 g/mol. The Balaban J connectivity index is 2.44. The van der Waals surface area contributed by atoms with Crippen LogP contribution >= 0.6 is 0 Å². The maximum absolute atomic E-state index is 14.0. The molecule has 2 rings (SSSR count). The second kappa shape index (κ2) is 5.92. The summed E-state index contributed by atoms with van der Waals surface area (Å²) in [4.78, 5) is 9.13. The van der Waals surface area contributed by atoms with Gasteiger partial charge in [0, 0.05) is 12.1 Å². The van der Waals surface area contributed by atoms with Crippen molar-refractivity contribution in [1.29, 1.82) is 0 Å². The number of benzene rings is 1. The van der Waals surface area contributed by atoms with E-state index in [1.54, 1.807) is 0 Å². The Labute approximate surface area is 120 Å². The molecule has 1 aliphatic rings. The molecule has 1 aliphatic carbocycles. The number of non-ortho nitro benzene ring substituents is 1. The van der Waals surface area contributed by atoms with Crippen molar-refractivity contribution in [1.82, 2.24) is 4.72 Å². The molecule has 0 unspecified atom stereocenters. The number of nitrogen functional groups attached to an aromatic ring is 1.